The number of carbonyl (C=O) groups excluding carboxylic acids is 1. The number of urea groups is 1. The van der Waals surface area contributed by atoms with Crippen LogP contribution in [0.2, 0.25) is 0 Å². The largest absolute Gasteiger partial charge is 0.352 e. The maximum atomic E-state index is 11.3. The molecule has 8 heteroatoms. The Morgan fingerprint density at radius 3 is 2.67 bits per heavy atom. The fourth-order valence-electron chi connectivity index (χ4n) is 2.83. The number of carbonyl (C=O) groups is 1. The Balaban J connectivity index is 1.72. The molecule has 0 radical (unpaired) electrons. The van der Waals surface area contributed by atoms with Gasteiger partial charge in [-0.25, -0.2) is 14.8 Å². The van der Waals surface area contributed by atoms with Gasteiger partial charge in [0.15, 0.2) is 5.82 Å². The first kappa shape index (κ1) is 14.8. The van der Waals surface area contributed by atoms with Crippen molar-refractivity contribution in [1.29, 1.82) is 0 Å². The van der Waals surface area contributed by atoms with Crippen molar-refractivity contribution in [3.8, 4) is 11.5 Å². The molecule has 0 unspecified atom stereocenters. The molecule has 7 nitrogen and oxygen atoms in total. The number of hydrogen-bond donors (Lipinski definition) is 1. The lowest BCUT2D eigenvalue weighted by Crippen LogP contribution is -2.50. The molecule has 0 bridgehead atoms. The van der Waals surface area contributed by atoms with Gasteiger partial charge in [-0.2, -0.15) is 0 Å². The average Bonchev–Trinajstić information content (AvgIpc) is 3.10. The average molecular weight is 340 g/mol. The Morgan fingerprint density at radius 1 is 1.12 bits per heavy atom. The number of amides is 2. The monoisotopic (exact) mass is 340 g/mol. The smallest absolute Gasteiger partial charge is 0.314 e. The molecular formula is C16H16N6OS. The third kappa shape index (κ3) is 2.65. The molecule has 1 saturated heterocycles. The maximum Gasteiger partial charge on any atom is 0.314 e. The summed E-state index contributed by atoms with van der Waals surface area (Å²) in [6.07, 6.45) is 1.74. The molecule has 4 heterocycles. The topological polar surface area (TPSA) is 88.2 Å². The highest BCUT2D eigenvalue weighted by Crippen LogP contribution is 2.30. The summed E-state index contributed by atoms with van der Waals surface area (Å²) in [6, 6.07) is 7.38. The van der Waals surface area contributed by atoms with E-state index in [1.54, 1.807) is 22.4 Å². The minimum absolute atomic E-state index is 0.368. The molecule has 3 aromatic rings. The molecule has 1 aliphatic heterocycles. The summed E-state index contributed by atoms with van der Waals surface area (Å²) in [6.45, 7) is 2.60. The van der Waals surface area contributed by atoms with Gasteiger partial charge in [-0.3, -0.25) is 4.98 Å². The molecule has 1 aliphatic rings. The summed E-state index contributed by atoms with van der Waals surface area (Å²) >= 11 is 1.59. The van der Waals surface area contributed by atoms with Crippen LogP contribution in [0.25, 0.3) is 21.7 Å². The highest BCUT2D eigenvalue weighted by atomic mass is 32.1. The molecular weight excluding hydrogens is 324 g/mol. The number of pyridine rings is 1. The molecule has 1 fully saturated rings. The van der Waals surface area contributed by atoms with E-state index in [4.69, 9.17) is 10.7 Å². The van der Waals surface area contributed by atoms with Crippen LogP contribution in [0.15, 0.2) is 35.8 Å². The summed E-state index contributed by atoms with van der Waals surface area (Å²) in [4.78, 5) is 29.8. The zero-order valence-electron chi connectivity index (χ0n) is 12.9. The Labute approximate surface area is 142 Å². The molecule has 4 rings (SSSR count). The van der Waals surface area contributed by atoms with E-state index >= 15 is 0 Å². The second-order valence-electron chi connectivity index (χ2n) is 5.54. The summed E-state index contributed by atoms with van der Waals surface area (Å²) in [5.74, 6) is 1.52. The molecule has 0 aromatic carbocycles. The lowest BCUT2D eigenvalue weighted by molar-refractivity contribution is 0.204. The molecule has 2 N–H and O–H groups in total. The highest BCUT2D eigenvalue weighted by molar-refractivity contribution is 7.16. The van der Waals surface area contributed by atoms with Crippen molar-refractivity contribution in [3.05, 3.63) is 35.8 Å². The number of rotatable bonds is 2. The number of primary amides is 1. The Bertz CT molecular complexity index is 873. The lowest BCUT2D eigenvalue weighted by Gasteiger charge is -2.34. The minimum Gasteiger partial charge on any atom is -0.352 e. The van der Waals surface area contributed by atoms with Gasteiger partial charge in [0.2, 0.25) is 0 Å². The van der Waals surface area contributed by atoms with Gasteiger partial charge in [-0.05, 0) is 23.6 Å². The number of anilines is 1. The summed E-state index contributed by atoms with van der Waals surface area (Å²) < 4.78 is 0. The first-order valence-electron chi connectivity index (χ1n) is 7.68. The molecule has 0 spiro atoms. The fraction of sp³-hybridized carbons (Fsp3) is 0.250. The predicted molar refractivity (Wildman–Crippen MR) is 94.0 cm³/mol. The Kier molecular flexibility index (Phi) is 3.73. The van der Waals surface area contributed by atoms with Crippen molar-refractivity contribution in [2.75, 3.05) is 31.1 Å². The number of aromatic nitrogens is 3. The van der Waals surface area contributed by atoms with E-state index in [1.165, 1.54) is 0 Å². The highest BCUT2D eigenvalue weighted by Gasteiger charge is 2.23. The number of nitrogens with zero attached hydrogens (tertiary/aromatic N) is 5. The van der Waals surface area contributed by atoms with Gasteiger partial charge in [0.05, 0.1) is 5.39 Å². The van der Waals surface area contributed by atoms with Crippen molar-refractivity contribution >= 4 is 33.4 Å². The number of thiophene rings is 1. The number of hydrogen-bond acceptors (Lipinski definition) is 6. The number of nitrogens with two attached hydrogens (primary N) is 1. The van der Waals surface area contributed by atoms with Crippen LogP contribution in [0.4, 0.5) is 10.6 Å². The van der Waals surface area contributed by atoms with Crippen LogP contribution in [0, 0.1) is 0 Å². The zero-order valence-corrected chi connectivity index (χ0v) is 13.7. The third-order valence-electron chi connectivity index (χ3n) is 4.09. The van der Waals surface area contributed by atoms with E-state index in [0.717, 1.165) is 21.7 Å². The van der Waals surface area contributed by atoms with E-state index in [-0.39, 0.29) is 6.03 Å². The Hall–Kier alpha value is -2.74. The lowest BCUT2D eigenvalue weighted by atomic mass is 10.2. The molecule has 24 heavy (non-hydrogen) atoms. The zero-order chi connectivity index (χ0) is 16.5. The van der Waals surface area contributed by atoms with Gasteiger partial charge < -0.3 is 15.5 Å². The molecule has 3 aromatic heterocycles. The fourth-order valence-corrected chi connectivity index (χ4v) is 3.59. The third-order valence-corrected chi connectivity index (χ3v) is 4.90. The van der Waals surface area contributed by atoms with Gasteiger partial charge in [0, 0.05) is 32.4 Å². The molecule has 0 saturated carbocycles. The van der Waals surface area contributed by atoms with Crippen molar-refractivity contribution in [2.45, 2.75) is 0 Å². The SMILES string of the molecule is NC(=O)N1CCN(c2nc(-c3ccccn3)nc3sccc23)CC1. The van der Waals surface area contributed by atoms with Crippen LogP contribution in [0.1, 0.15) is 0 Å². The maximum absolute atomic E-state index is 11.3. The molecule has 2 amide bonds. The van der Waals surface area contributed by atoms with Gasteiger partial charge in [-0.1, -0.05) is 6.07 Å². The van der Waals surface area contributed by atoms with Gasteiger partial charge >= 0.3 is 6.03 Å². The number of piperazine rings is 1. The van der Waals surface area contributed by atoms with Crippen LogP contribution in [0.3, 0.4) is 0 Å². The van der Waals surface area contributed by atoms with Crippen molar-refractivity contribution < 1.29 is 4.79 Å². The van der Waals surface area contributed by atoms with Gasteiger partial charge in [0.25, 0.3) is 0 Å². The standard InChI is InChI=1S/C16H16N6OS/c17-16(23)22-8-6-21(7-9-22)14-11-4-10-24-15(11)20-13(19-14)12-3-1-2-5-18-12/h1-5,10H,6-9H2,(H2,17,23). The Morgan fingerprint density at radius 2 is 1.96 bits per heavy atom. The van der Waals surface area contributed by atoms with E-state index in [2.05, 4.69) is 14.9 Å². The van der Waals surface area contributed by atoms with Gasteiger partial charge in [-0.15, -0.1) is 11.3 Å². The quantitative estimate of drug-likeness (QED) is 0.770. The molecule has 0 aliphatic carbocycles. The molecule has 0 atom stereocenters. The van der Waals surface area contributed by atoms with Crippen molar-refractivity contribution in [1.82, 2.24) is 19.9 Å². The van der Waals surface area contributed by atoms with Crippen LogP contribution in [0.5, 0.6) is 0 Å². The van der Waals surface area contributed by atoms with E-state index in [1.807, 2.05) is 29.6 Å². The van der Waals surface area contributed by atoms with Crippen LogP contribution < -0.4 is 10.6 Å². The van der Waals surface area contributed by atoms with E-state index in [0.29, 0.717) is 32.0 Å². The normalized spacial score (nSPS) is 15.0. The minimum atomic E-state index is -0.368. The van der Waals surface area contributed by atoms with Crippen LogP contribution >= 0.6 is 11.3 Å². The summed E-state index contributed by atoms with van der Waals surface area (Å²) in [5.41, 5.74) is 6.12. The van der Waals surface area contributed by atoms with Gasteiger partial charge in [0.1, 0.15) is 16.3 Å². The predicted octanol–water partition coefficient (Wildman–Crippen LogP) is 1.95. The van der Waals surface area contributed by atoms with Crippen LogP contribution in [-0.2, 0) is 0 Å². The summed E-state index contributed by atoms with van der Waals surface area (Å²) in [7, 11) is 0. The number of fused-ring (bicyclic) bond motifs is 1. The summed E-state index contributed by atoms with van der Waals surface area (Å²) in [5, 5.41) is 3.05. The van der Waals surface area contributed by atoms with Crippen molar-refractivity contribution in [2.24, 2.45) is 5.73 Å². The first-order chi connectivity index (χ1) is 11.7. The second kappa shape index (κ2) is 6.04. The van der Waals surface area contributed by atoms with Crippen molar-refractivity contribution in [3.63, 3.8) is 0 Å². The van der Waals surface area contributed by atoms with E-state index < -0.39 is 0 Å². The van der Waals surface area contributed by atoms with E-state index in [9.17, 15) is 4.79 Å². The van der Waals surface area contributed by atoms with Crippen LogP contribution in [-0.4, -0.2) is 52.1 Å². The first-order valence-corrected chi connectivity index (χ1v) is 8.56. The second-order valence-corrected chi connectivity index (χ2v) is 6.43. The molecule has 122 valence electrons.